The summed E-state index contributed by atoms with van der Waals surface area (Å²) in [5.41, 5.74) is 1.08. The van der Waals surface area contributed by atoms with Crippen LogP contribution in [0.1, 0.15) is 19.4 Å². The molecule has 2 rings (SSSR count). The normalized spacial score (nSPS) is 11.6. The number of hydrogen-bond acceptors (Lipinski definition) is 2. The van der Waals surface area contributed by atoms with Gasteiger partial charge in [-0.25, -0.2) is 8.78 Å². The van der Waals surface area contributed by atoms with Crippen LogP contribution in [0.25, 0.3) is 10.1 Å². The standard InChI is InChI=1S/C13H15F2NS/c1-8(2)16-4-3-9-7-17-13-6-12(15)11(14)5-10(9)13/h5-8,16H,3-4H2,1-2H3. The lowest BCUT2D eigenvalue weighted by molar-refractivity contribution is 0.511. The van der Waals surface area contributed by atoms with Crippen LogP contribution in [0, 0.1) is 11.6 Å². The molecule has 1 N–H and O–H groups in total. The lowest BCUT2D eigenvalue weighted by atomic mass is 10.1. The van der Waals surface area contributed by atoms with E-state index in [4.69, 9.17) is 0 Å². The smallest absolute Gasteiger partial charge is 0.160 e. The summed E-state index contributed by atoms with van der Waals surface area (Å²) < 4.78 is 27.0. The monoisotopic (exact) mass is 255 g/mol. The zero-order valence-corrected chi connectivity index (χ0v) is 10.7. The average Bonchev–Trinajstić information content (AvgIpc) is 2.62. The van der Waals surface area contributed by atoms with E-state index in [1.807, 2.05) is 5.38 Å². The SMILES string of the molecule is CC(C)NCCc1csc2cc(F)c(F)cc12. The Morgan fingerprint density at radius 2 is 1.94 bits per heavy atom. The van der Waals surface area contributed by atoms with Crippen molar-refractivity contribution in [1.82, 2.24) is 5.32 Å². The second-order valence-corrected chi connectivity index (χ2v) is 5.29. The van der Waals surface area contributed by atoms with Gasteiger partial charge in [0, 0.05) is 10.7 Å². The zero-order valence-electron chi connectivity index (χ0n) is 9.89. The first-order valence-electron chi connectivity index (χ1n) is 5.66. The van der Waals surface area contributed by atoms with Gasteiger partial charge in [0.15, 0.2) is 11.6 Å². The highest BCUT2D eigenvalue weighted by molar-refractivity contribution is 7.17. The molecule has 92 valence electrons. The van der Waals surface area contributed by atoms with Crippen LogP contribution in [-0.2, 0) is 6.42 Å². The van der Waals surface area contributed by atoms with Crippen molar-refractivity contribution in [2.75, 3.05) is 6.54 Å². The quantitative estimate of drug-likeness (QED) is 0.878. The molecule has 2 aromatic rings. The van der Waals surface area contributed by atoms with Crippen LogP contribution >= 0.6 is 11.3 Å². The van der Waals surface area contributed by atoms with Gasteiger partial charge in [0.25, 0.3) is 0 Å². The Kier molecular flexibility index (Phi) is 3.74. The molecule has 17 heavy (non-hydrogen) atoms. The maximum absolute atomic E-state index is 13.2. The third-order valence-corrected chi connectivity index (χ3v) is 3.64. The number of halogens is 2. The molecule has 0 aliphatic carbocycles. The Labute approximate surface area is 103 Å². The summed E-state index contributed by atoms with van der Waals surface area (Å²) >= 11 is 1.46. The van der Waals surface area contributed by atoms with E-state index in [-0.39, 0.29) is 0 Å². The van der Waals surface area contributed by atoms with Crippen LogP contribution in [0.3, 0.4) is 0 Å². The molecule has 0 bridgehead atoms. The van der Waals surface area contributed by atoms with E-state index in [2.05, 4.69) is 19.2 Å². The molecule has 0 aliphatic heterocycles. The van der Waals surface area contributed by atoms with Crippen molar-refractivity contribution in [2.24, 2.45) is 0 Å². The molecule has 0 aliphatic rings. The molecule has 0 atom stereocenters. The largest absolute Gasteiger partial charge is 0.314 e. The lowest BCUT2D eigenvalue weighted by Gasteiger charge is -2.07. The van der Waals surface area contributed by atoms with E-state index in [0.717, 1.165) is 28.6 Å². The minimum Gasteiger partial charge on any atom is -0.314 e. The summed E-state index contributed by atoms with van der Waals surface area (Å²) in [6, 6.07) is 3.01. The fourth-order valence-electron chi connectivity index (χ4n) is 1.76. The van der Waals surface area contributed by atoms with Gasteiger partial charge in [-0.15, -0.1) is 11.3 Å². The van der Waals surface area contributed by atoms with E-state index in [9.17, 15) is 8.78 Å². The number of fused-ring (bicyclic) bond motifs is 1. The Morgan fingerprint density at radius 1 is 1.24 bits per heavy atom. The van der Waals surface area contributed by atoms with Crippen LogP contribution in [0.5, 0.6) is 0 Å². The molecule has 1 nitrogen and oxygen atoms in total. The molecular formula is C13H15F2NS. The molecule has 4 heteroatoms. The van der Waals surface area contributed by atoms with Gasteiger partial charge in [-0.3, -0.25) is 0 Å². The van der Waals surface area contributed by atoms with Gasteiger partial charge >= 0.3 is 0 Å². The first kappa shape index (κ1) is 12.5. The maximum atomic E-state index is 13.2. The number of benzene rings is 1. The Morgan fingerprint density at radius 3 is 2.65 bits per heavy atom. The van der Waals surface area contributed by atoms with Crippen LogP contribution < -0.4 is 5.32 Å². The third-order valence-electron chi connectivity index (χ3n) is 2.64. The van der Waals surface area contributed by atoms with Gasteiger partial charge in [-0.2, -0.15) is 0 Å². The van der Waals surface area contributed by atoms with Gasteiger partial charge in [0.2, 0.25) is 0 Å². The Hall–Kier alpha value is -1.00. The summed E-state index contributed by atoms with van der Waals surface area (Å²) in [5.74, 6) is -1.54. The molecule has 1 aromatic carbocycles. The third kappa shape index (κ3) is 2.82. The fourth-order valence-corrected chi connectivity index (χ4v) is 2.77. The van der Waals surface area contributed by atoms with Crippen molar-refractivity contribution >= 4 is 21.4 Å². The minimum atomic E-state index is -0.772. The van der Waals surface area contributed by atoms with E-state index < -0.39 is 11.6 Å². The van der Waals surface area contributed by atoms with Crippen molar-refractivity contribution in [3.8, 4) is 0 Å². The minimum absolute atomic E-state index is 0.439. The van der Waals surface area contributed by atoms with Crippen LogP contribution in [-0.4, -0.2) is 12.6 Å². The molecule has 1 aromatic heterocycles. The molecule has 0 spiro atoms. The first-order chi connectivity index (χ1) is 8.08. The van der Waals surface area contributed by atoms with Crippen molar-refractivity contribution in [1.29, 1.82) is 0 Å². The van der Waals surface area contributed by atoms with Crippen molar-refractivity contribution in [3.05, 3.63) is 34.7 Å². The van der Waals surface area contributed by atoms with E-state index in [0.29, 0.717) is 6.04 Å². The highest BCUT2D eigenvalue weighted by Gasteiger charge is 2.09. The van der Waals surface area contributed by atoms with Crippen LogP contribution in [0.2, 0.25) is 0 Å². The zero-order chi connectivity index (χ0) is 12.4. The lowest BCUT2D eigenvalue weighted by Crippen LogP contribution is -2.24. The molecule has 0 unspecified atom stereocenters. The highest BCUT2D eigenvalue weighted by atomic mass is 32.1. The second kappa shape index (κ2) is 5.10. The number of rotatable bonds is 4. The van der Waals surface area contributed by atoms with E-state index in [1.165, 1.54) is 23.5 Å². The second-order valence-electron chi connectivity index (χ2n) is 4.38. The van der Waals surface area contributed by atoms with Gasteiger partial charge in [0.1, 0.15) is 0 Å². The summed E-state index contributed by atoms with van der Waals surface area (Å²) in [6.07, 6.45) is 0.837. The fraction of sp³-hybridized carbons (Fsp3) is 0.385. The molecule has 0 saturated carbocycles. The highest BCUT2D eigenvalue weighted by Crippen LogP contribution is 2.28. The molecule has 0 saturated heterocycles. The number of thiophene rings is 1. The van der Waals surface area contributed by atoms with Crippen LogP contribution in [0.15, 0.2) is 17.5 Å². The topological polar surface area (TPSA) is 12.0 Å². The summed E-state index contributed by atoms with van der Waals surface area (Å²) in [7, 11) is 0. The van der Waals surface area contributed by atoms with Gasteiger partial charge in [0.05, 0.1) is 0 Å². The summed E-state index contributed by atoms with van der Waals surface area (Å²) in [4.78, 5) is 0. The molecule has 0 radical (unpaired) electrons. The van der Waals surface area contributed by atoms with Gasteiger partial charge < -0.3 is 5.32 Å². The number of hydrogen-bond donors (Lipinski definition) is 1. The average molecular weight is 255 g/mol. The van der Waals surface area contributed by atoms with Crippen molar-refractivity contribution in [2.45, 2.75) is 26.3 Å². The Balaban J connectivity index is 2.21. The van der Waals surface area contributed by atoms with Crippen molar-refractivity contribution in [3.63, 3.8) is 0 Å². The predicted molar refractivity (Wildman–Crippen MR) is 68.6 cm³/mol. The predicted octanol–water partition coefficient (Wildman–Crippen LogP) is 3.72. The van der Waals surface area contributed by atoms with Crippen LogP contribution in [0.4, 0.5) is 8.78 Å². The van der Waals surface area contributed by atoms with Crippen molar-refractivity contribution < 1.29 is 8.78 Å². The first-order valence-corrected chi connectivity index (χ1v) is 6.54. The molecular weight excluding hydrogens is 240 g/mol. The van der Waals surface area contributed by atoms with E-state index in [1.54, 1.807) is 0 Å². The Bertz CT molecular complexity index is 519. The van der Waals surface area contributed by atoms with Gasteiger partial charge in [-0.1, -0.05) is 13.8 Å². The maximum Gasteiger partial charge on any atom is 0.160 e. The molecule has 0 amide bonds. The molecule has 1 heterocycles. The summed E-state index contributed by atoms with van der Waals surface area (Å²) in [5, 5.41) is 6.12. The number of nitrogens with one attached hydrogen (secondary N) is 1. The summed E-state index contributed by atoms with van der Waals surface area (Å²) in [6.45, 7) is 5.02. The molecule has 0 fully saturated rings. The van der Waals surface area contributed by atoms with E-state index >= 15 is 0 Å². The van der Waals surface area contributed by atoms with Gasteiger partial charge in [-0.05, 0) is 41.4 Å².